The lowest BCUT2D eigenvalue weighted by Gasteiger charge is -2.39. The van der Waals surface area contributed by atoms with Gasteiger partial charge >= 0.3 is 6.03 Å². The number of azide groups is 1. The molecule has 2 amide bonds. The molecule has 0 radical (unpaired) electrons. The van der Waals surface area contributed by atoms with Gasteiger partial charge in [0.25, 0.3) is 0 Å². The zero-order valence-electron chi connectivity index (χ0n) is 23.3. The Labute approximate surface area is 253 Å². The molecule has 1 saturated heterocycles. The molecule has 1 N–H and O–H groups in total. The summed E-state index contributed by atoms with van der Waals surface area (Å²) < 4.78 is 1.85. The molecule has 214 valence electrons. The van der Waals surface area contributed by atoms with Crippen molar-refractivity contribution in [3.8, 4) is 6.07 Å². The van der Waals surface area contributed by atoms with Gasteiger partial charge in [-0.3, -0.25) is 9.88 Å². The van der Waals surface area contributed by atoms with Crippen LogP contribution in [0, 0.1) is 11.3 Å². The highest BCUT2D eigenvalue weighted by atomic mass is 35.5. The molecule has 2 aliphatic rings. The minimum atomic E-state index is -0.649. The summed E-state index contributed by atoms with van der Waals surface area (Å²) in [7, 11) is 1.87. The first-order valence-electron chi connectivity index (χ1n) is 13.7. The number of nitrogens with one attached hydrogen (secondary N) is 1. The normalized spacial score (nSPS) is 16.9. The highest BCUT2D eigenvalue weighted by Gasteiger charge is 2.35. The van der Waals surface area contributed by atoms with Gasteiger partial charge in [-0.2, -0.15) is 5.26 Å². The molecule has 43 heavy (non-hydrogen) atoms. The van der Waals surface area contributed by atoms with Gasteiger partial charge in [-0.1, -0.05) is 28.8 Å². The van der Waals surface area contributed by atoms with E-state index in [0.29, 0.717) is 42.5 Å². The van der Waals surface area contributed by atoms with Crippen LogP contribution in [0.3, 0.4) is 0 Å². The second kappa shape index (κ2) is 12.0. The standard InChI is InChI=1S/C31H27ClN10O/c1-40-19-35-18-27(40)29(38-39-34)26-15-21-3-2-10-36-28(21)30(24-9-6-22(32)16-25(24)26)41-11-13-42(14-12-41)31(43)37-23-7-4-20(17-33)5-8-23/h2-10,15-16,18-19,29-30H,11-14H2,1H3,(H,37,43)/t29?,30-/m0/s1. The van der Waals surface area contributed by atoms with Gasteiger partial charge in [0, 0.05) is 61.2 Å². The van der Waals surface area contributed by atoms with Crippen molar-refractivity contribution in [3.05, 3.63) is 122 Å². The SMILES string of the molecule is Cn1cncc1C(N=[N+]=[N-])C1=Cc2cccnc2[C@@H](N2CCN(C(=O)Nc3ccc(C#N)cc3)CC2)c2ccc(Cl)cc21. The summed E-state index contributed by atoms with van der Waals surface area (Å²) in [5.41, 5.74) is 15.9. The number of aryl methyl sites for hydroxylation is 1. The Hall–Kier alpha value is -5.14. The van der Waals surface area contributed by atoms with Crippen LogP contribution >= 0.6 is 11.6 Å². The third kappa shape index (κ3) is 5.55. The third-order valence-electron chi connectivity index (χ3n) is 7.89. The van der Waals surface area contributed by atoms with Crippen molar-refractivity contribution >= 4 is 35.0 Å². The molecule has 12 heteroatoms. The first kappa shape index (κ1) is 28.0. The van der Waals surface area contributed by atoms with Crippen molar-refractivity contribution in [1.29, 1.82) is 5.26 Å². The van der Waals surface area contributed by atoms with Gasteiger partial charge in [0.15, 0.2) is 0 Å². The van der Waals surface area contributed by atoms with E-state index in [1.54, 1.807) is 47.9 Å². The molecule has 1 aliphatic carbocycles. The highest BCUT2D eigenvalue weighted by molar-refractivity contribution is 6.30. The van der Waals surface area contributed by atoms with Crippen molar-refractivity contribution in [2.75, 3.05) is 31.5 Å². The summed E-state index contributed by atoms with van der Waals surface area (Å²) in [6.45, 7) is 2.25. The molecule has 0 saturated carbocycles. The first-order valence-corrected chi connectivity index (χ1v) is 14.1. The van der Waals surface area contributed by atoms with Crippen LogP contribution in [0.2, 0.25) is 5.02 Å². The molecule has 0 spiro atoms. The average molecular weight is 591 g/mol. The zero-order valence-corrected chi connectivity index (χ0v) is 24.1. The highest BCUT2D eigenvalue weighted by Crippen LogP contribution is 2.45. The number of carbonyl (C=O) groups is 1. The molecule has 11 nitrogen and oxygen atoms in total. The number of aromatic nitrogens is 3. The van der Waals surface area contributed by atoms with E-state index in [1.807, 2.05) is 48.0 Å². The first-order chi connectivity index (χ1) is 21.0. The Kier molecular flexibility index (Phi) is 7.81. The van der Waals surface area contributed by atoms with E-state index in [1.165, 1.54) is 0 Å². The number of nitriles is 1. The van der Waals surface area contributed by atoms with Gasteiger partial charge < -0.3 is 14.8 Å². The third-order valence-corrected chi connectivity index (χ3v) is 8.12. The van der Waals surface area contributed by atoms with Crippen LogP contribution in [0.5, 0.6) is 0 Å². The maximum atomic E-state index is 13.1. The minimum absolute atomic E-state index is 0.187. The molecule has 1 aliphatic heterocycles. The van der Waals surface area contributed by atoms with Crippen LogP contribution in [-0.2, 0) is 7.05 Å². The van der Waals surface area contributed by atoms with E-state index in [4.69, 9.17) is 21.8 Å². The van der Waals surface area contributed by atoms with Crippen molar-refractivity contribution < 1.29 is 4.79 Å². The van der Waals surface area contributed by atoms with Crippen LogP contribution < -0.4 is 5.32 Å². The summed E-state index contributed by atoms with van der Waals surface area (Å²) in [6.07, 6.45) is 7.21. The molecule has 6 rings (SSSR count). The van der Waals surface area contributed by atoms with Gasteiger partial charge in [0.1, 0.15) is 6.04 Å². The molecule has 1 unspecified atom stereocenters. The average Bonchev–Trinajstić information content (AvgIpc) is 3.40. The van der Waals surface area contributed by atoms with Gasteiger partial charge in [0.2, 0.25) is 0 Å². The van der Waals surface area contributed by atoms with Gasteiger partial charge in [-0.25, -0.2) is 9.78 Å². The molecule has 3 heterocycles. The van der Waals surface area contributed by atoms with Crippen molar-refractivity contribution in [1.82, 2.24) is 24.3 Å². The molecule has 2 atom stereocenters. The predicted molar refractivity (Wildman–Crippen MR) is 164 cm³/mol. The van der Waals surface area contributed by atoms with Crippen LogP contribution in [-0.4, -0.2) is 56.5 Å². The number of rotatable bonds is 5. The van der Waals surface area contributed by atoms with Crippen molar-refractivity contribution in [2.45, 2.75) is 12.1 Å². The maximum absolute atomic E-state index is 13.1. The van der Waals surface area contributed by atoms with Crippen molar-refractivity contribution in [3.63, 3.8) is 0 Å². The largest absolute Gasteiger partial charge is 0.337 e. The number of hydrogen-bond donors (Lipinski definition) is 1. The van der Waals surface area contributed by atoms with Gasteiger partial charge in [-0.05, 0) is 76.3 Å². The Morgan fingerprint density at radius 2 is 1.98 bits per heavy atom. The number of amides is 2. The van der Waals surface area contributed by atoms with Crippen LogP contribution in [0.4, 0.5) is 10.5 Å². The Balaban J connectivity index is 1.33. The van der Waals surface area contributed by atoms with Crippen LogP contribution in [0.15, 0.2) is 78.4 Å². The number of urea groups is 1. The summed E-state index contributed by atoms with van der Waals surface area (Å²) in [5.74, 6) is 0. The quantitative estimate of drug-likeness (QED) is 0.168. The second-order valence-electron chi connectivity index (χ2n) is 10.4. The van der Waals surface area contributed by atoms with E-state index in [-0.39, 0.29) is 12.1 Å². The molecule has 1 fully saturated rings. The summed E-state index contributed by atoms with van der Waals surface area (Å²) >= 11 is 6.57. The Morgan fingerprint density at radius 3 is 2.67 bits per heavy atom. The fraction of sp³-hybridized carbons (Fsp3) is 0.226. The molecule has 2 aromatic carbocycles. The number of nitrogens with zero attached hydrogens (tertiary/aromatic N) is 9. The number of imidazole rings is 1. The van der Waals surface area contributed by atoms with Gasteiger partial charge in [-0.15, -0.1) is 0 Å². The smallest absolute Gasteiger partial charge is 0.321 e. The summed E-state index contributed by atoms with van der Waals surface area (Å²) in [5, 5.41) is 16.7. The number of hydrogen-bond acceptors (Lipinski definition) is 6. The van der Waals surface area contributed by atoms with E-state index < -0.39 is 6.04 Å². The minimum Gasteiger partial charge on any atom is -0.337 e. The molecular weight excluding hydrogens is 564 g/mol. The number of anilines is 1. The van der Waals surface area contributed by atoms with Crippen LogP contribution in [0.1, 0.15) is 45.7 Å². The lowest BCUT2D eigenvalue weighted by Crippen LogP contribution is -2.51. The summed E-state index contributed by atoms with van der Waals surface area (Å²) in [6, 6.07) is 17.5. The zero-order chi connectivity index (χ0) is 29.9. The number of halogens is 1. The topological polar surface area (TPSA) is 139 Å². The number of benzene rings is 2. The number of piperazine rings is 1. The lowest BCUT2D eigenvalue weighted by molar-refractivity contribution is 0.125. The Bertz CT molecular complexity index is 1790. The number of pyridine rings is 1. The number of carbonyl (C=O) groups excluding carboxylic acids is 1. The molecule has 4 aromatic rings. The Morgan fingerprint density at radius 1 is 1.19 bits per heavy atom. The fourth-order valence-electron chi connectivity index (χ4n) is 5.76. The molecule has 2 aromatic heterocycles. The number of fused-ring (bicyclic) bond motifs is 2. The molecule has 0 bridgehead atoms. The van der Waals surface area contributed by atoms with E-state index in [0.717, 1.165) is 33.7 Å². The van der Waals surface area contributed by atoms with Crippen molar-refractivity contribution in [2.24, 2.45) is 12.2 Å². The monoisotopic (exact) mass is 590 g/mol. The van der Waals surface area contributed by atoms with Crippen LogP contribution in [0.25, 0.3) is 22.1 Å². The second-order valence-corrected chi connectivity index (χ2v) is 10.8. The van der Waals surface area contributed by atoms with Gasteiger partial charge in [0.05, 0.1) is 35.4 Å². The summed E-state index contributed by atoms with van der Waals surface area (Å²) in [4.78, 5) is 29.5. The van der Waals surface area contributed by atoms with E-state index >= 15 is 0 Å². The van der Waals surface area contributed by atoms with E-state index in [2.05, 4.69) is 31.3 Å². The maximum Gasteiger partial charge on any atom is 0.321 e. The van der Waals surface area contributed by atoms with E-state index in [9.17, 15) is 10.3 Å². The molecular formula is C31H27ClN10O. The lowest BCUT2D eigenvalue weighted by atomic mass is 9.90. The fourth-order valence-corrected chi connectivity index (χ4v) is 5.94. The predicted octanol–water partition coefficient (Wildman–Crippen LogP) is 6.18.